The smallest absolute Gasteiger partial charge is 0.550 e. The molecule has 1 fully saturated rings. The van der Waals surface area contributed by atoms with E-state index in [4.69, 9.17) is 9.47 Å². The van der Waals surface area contributed by atoms with Crippen LogP contribution in [0, 0.1) is 0 Å². The second kappa shape index (κ2) is 22.3. The summed E-state index contributed by atoms with van der Waals surface area (Å²) >= 11 is 0. The quantitative estimate of drug-likeness (QED) is 0.0555. The molecule has 1 heterocycles. The minimum absolute atomic E-state index is 0. The third-order valence-electron chi connectivity index (χ3n) is 8.55. The number of carbonyl (C=O) groups excluding carboxylic acids is 5. The molecule has 0 bridgehead atoms. The van der Waals surface area contributed by atoms with Crippen LogP contribution in [0.2, 0.25) is 0 Å². The van der Waals surface area contributed by atoms with Crippen molar-refractivity contribution in [3.05, 3.63) is 90.0 Å². The van der Waals surface area contributed by atoms with E-state index >= 15 is 0 Å². The predicted molar refractivity (Wildman–Crippen MR) is 180 cm³/mol. The largest absolute Gasteiger partial charge is 1.00 e. The minimum Gasteiger partial charge on any atom is -0.550 e. The first-order chi connectivity index (χ1) is 24.8. The molecule has 6 atom stereocenters. The van der Waals surface area contributed by atoms with Crippen LogP contribution >= 0.6 is 0 Å². The number of benzene rings is 3. The van der Waals surface area contributed by atoms with E-state index in [1.54, 1.807) is 24.3 Å². The number of phenols is 1. The van der Waals surface area contributed by atoms with Crippen LogP contribution in [0.3, 0.4) is 0 Å². The first-order valence-electron chi connectivity index (χ1n) is 16.7. The van der Waals surface area contributed by atoms with Crippen LogP contribution in [0.1, 0.15) is 59.7 Å². The average molecular weight is 766 g/mol. The number of unbranched alkanes of at least 4 members (excludes halogenated alkanes) is 2. The van der Waals surface area contributed by atoms with Crippen LogP contribution in [0.25, 0.3) is 11.1 Å². The number of hydrogen-bond donors (Lipinski definition) is 6. The maximum Gasteiger partial charge on any atom is 1.00 e. The second-order valence-corrected chi connectivity index (χ2v) is 12.4. The summed E-state index contributed by atoms with van der Waals surface area (Å²) in [5, 5.41) is 63.3. The Labute approximate surface area is 356 Å². The zero-order chi connectivity index (χ0) is 37.8. The van der Waals surface area contributed by atoms with Crippen LogP contribution in [0.15, 0.2) is 78.9 Å². The van der Waals surface area contributed by atoms with Gasteiger partial charge in [-0.2, -0.15) is 0 Å². The zero-order valence-electron chi connectivity index (χ0n) is 30.4. The van der Waals surface area contributed by atoms with E-state index in [0.717, 1.165) is 18.1 Å². The Morgan fingerprint density at radius 2 is 1.43 bits per heavy atom. The summed E-state index contributed by atoms with van der Waals surface area (Å²) in [5.41, 5.74) is 2.14. The maximum absolute atomic E-state index is 13.3. The van der Waals surface area contributed by atoms with Gasteiger partial charge in [-0.3, -0.25) is 14.4 Å². The first-order valence-corrected chi connectivity index (χ1v) is 16.7. The number of aliphatic carboxylic acids is 2. The fraction of sp³-hybridized carbons (Fsp3) is 0.378. The number of carboxylic acids is 2. The van der Waals surface area contributed by atoms with Crippen molar-refractivity contribution in [2.24, 2.45) is 0 Å². The van der Waals surface area contributed by atoms with Crippen LogP contribution in [-0.2, 0) is 23.9 Å². The van der Waals surface area contributed by atoms with Gasteiger partial charge in [0.25, 0.3) is 11.8 Å². The van der Waals surface area contributed by atoms with Crippen molar-refractivity contribution >= 4 is 29.7 Å². The molecule has 3 amide bonds. The van der Waals surface area contributed by atoms with Gasteiger partial charge in [0.1, 0.15) is 23.9 Å². The van der Waals surface area contributed by atoms with Crippen molar-refractivity contribution in [2.45, 2.75) is 75.2 Å². The number of carboxylic acid groups (broad SMARTS) is 2. The molecule has 17 heteroatoms. The van der Waals surface area contributed by atoms with E-state index in [2.05, 4.69) is 16.0 Å². The molecule has 0 aliphatic carbocycles. The molecule has 1 saturated heterocycles. The molecule has 0 spiro atoms. The van der Waals surface area contributed by atoms with Crippen molar-refractivity contribution in [3.63, 3.8) is 0 Å². The number of amides is 3. The monoisotopic (exact) mass is 765 g/mol. The van der Waals surface area contributed by atoms with Crippen LogP contribution in [0.4, 0.5) is 0 Å². The van der Waals surface area contributed by atoms with Gasteiger partial charge >= 0.3 is 59.1 Å². The molecule has 0 radical (unpaired) electrons. The van der Waals surface area contributed by atoms with Gasteiger partial charge in [0.15, 0.2) is 0 Å². The van der Waals surface area contributed by atoms with Gasteiger partial charge < -0.3 is 60.5 Å². The van der Waals surface area contributed by atoms with E-state index in [-0.39, 0.29) is 102 Å². The number of aromatic hydroxyl groups is 1. The summed E-state index contributed by atoms with van der Waals surface area (Å²) in [7, 11) is 0. The Morgan fingerprint density at radius 3 is 2.02 bits per heavy atom. The summed E-state index contributed by atoms with van der Waals surface area (Å²) in [6.07, 6.45) is -5.61. The maximum atomic E-state index is 13.3. The Kier molecular flexibility index (Phi) is 19.3. The SMILES string of the molecule is CC(=O)N[C@H]1[C@H]([C@H](O)[C@H](O)CNC(=O)c2ccc(-c3ccccc3)cc2)O[C@@](OCCCCCC(=O)[O-])(C(=O)[O-])C[C@@H]1NC(=O)c1ccc(O)cc1.[Na+].[Na+]. The van der Waals surface area contributed by atoms with E-state index in [1.165, 1.54) is 24.3 Å². The summed E-state index contributed by atoms with van der Waals surface area (Å²) in [5.74, 6) is -7.83. The summed E-state index contributed by atoms with van der Waals surface area (Å²) in [6.45, 7) is 0.343. The molecular formula is C37H41N3Na2O12. The van der Waals surface area contributed by atoms with Gasteiger partial charge in [-0.15, -0.1) is 0 Å². The molecule has 1 aliphatic heterocycles. The average Bonchev–Trinajstić information content (AvgIpc) is 3.12. The number of nitrogens with one attached hydrogen (secondary N) is 3. The normalized spacial score (nSPS) is 20.2. The Hall–Kier alpha value is -3.35. The molecule has 0 unspecified atom stereocenters. The zero-order valence-corrected chi connectivity index (χ0v) is 34.4. The third-order valence-corrected chi connectivity index (χ3v) is 8.55. The number of phenolic OH excluding ortho intramolecular Hbond substituents is 1. The van der Waals surface area contributed by atoms with Gasteiger partial charge in [0.2, 0.25) is 11.7 Å². The number of ether oxygens (including phenoxy) is 2. The number of rotatable bonds is 17. The van der Waals surface area contributed by atoms with Gasteiger partial charge in [0.05, 0.1) is 24.8 Å². The van der Waals surface area contributed by atoms with Gasteiger partial charge in [-0.1, -0.05) is 48.9 Å². The van der Waals surface area contributed by atoms with E-state index in [1.807, 2.05) is 30.3 Å². The van der Waals surface area contributed by atoms with Crippen molar-refractivity contribution in [1.29, 1.82) is 0 Å². The molecule has 278 valence electrons. The third kappa shape index (κ3) is 13.2. The molecule has 6 N–H and O–H groups in total. The molecule has 15 nitrogen and oxygen atoms in total. The van der Waals surface area contributed by atoms with Gasteiger partial charge in [0, 0.05) is 37.0 Å². The Balaban J connectivity index is 0.00000504. The second-order valence-electron chi connectivity index (χ2n) is 12.4. The minimum atomic E-state index is -2.62. The molecule has 54 heavy (non-hydrogen) atoms. The Morgan fingerprint density at radius 1 is 0.833 bits per heavy atom. The van der Waals surface area contributed by atoms with Crippen LogP contribution in [0.5, 0.6) is 5.75 Å². The van der Waals surface area contributed by atoms with Gasteiger partial charge in [-0.05, 0) is 66.8 Å². The molecular weight excluding hydrogens is 724 g/mol. The molecule has 3 aromatic carbocycles. The number of aliphatic hydroxyl groups excluding tert-OH is 2. The fourth-order valence-corrected chi connectivity index (χ4v) is 5.84. The molecule has 3 aromatic rings. The summed E-state index contributed by atoms with van der Waals surface area (Å²) in [4.78, 5) is 62.1. The summed E-state index contributed by atoms with van der Waals surface area (Å²) < 4.78 is 11.5. The fourth-order valence-electron chi connectivity index (χ4n) is 5.84. The van der Waals surface area contributed by atoms with Crippen LogP contribution in [-0.4, -0.2) is 94.3 Å². The van der Waals surface area contributed by atoms with E-state index in [9.17, 15) is 49.5 Å². The number of hydrogen-bond acceptors (Lipinski definition) is 12. The molecule has 1 aliphatic rings. The van der Waals surface area contributed by atoms with Crippen molar-refractivity contribution in [3.8, 4) is 16.9 Å². The topological polar surface area (TPSA) is 247 Å². The summed E-state index contributed by atoms with van der Waals surface area (Å²) in [6, 6.07) is 18.6. The van der Waals surface area contributed by atoms with Crippen LogP contribution < -0.4 is 85.3 Å². The molecule has 0 saturated carbocycles. The van der Waals surface area contributed by atoms with Crippen molar-refractivity contribution < 1.29 is 118 Å². The standard InChI is InChI=1S/C37H43N3O12.2Na/c1-22(41)39-31-28(40-35(48)26-15-17-27(42)18-16-26)20-37(36(49)50,51-19-7-3-6-10-30(44)45)52-33(31)32(46)29(43)21-38-34(47)25-13-11-24(12-14-25)23-8-4-2-5-9-23;;/h2,4-5,8-9,11-18,28-29,31-33,42-43,46H,3,6-7,10,19-21H2,1H3,(H,38,47)(H,39,41)(H,40,48)(H,44,45)(H,49,50);;/q;2*+1/p-2/t28-,29+,31+,32+,33+,37+;;/m0../s1. The van der Waals surface area contributed by atoms with E-state index < -0.39 is 78.8 Å². The number of aliphatic hydroxyl groups is 2. The van der Waals surface area contributed by atoms with E-state index in [0.29, 0.717) is 6.42 Å². The van der Waals surface area contributed by atoms with Gasteiger partial charge in [-0.25, -0.2) is 0 Å². The Bertz CT molecular complexity index is 1700. The molecule has 4 rings (SSSR count). The van der Waals surface area contributed by atoms with Crippen molar-refractivity contribution in [1.82, 2.24) is 16.0 Å². The number of carbonyl (C=O) groups is 5. The molecule has 0 aromatic heterocycles. The van der Waals surface area contributed by atoms with Crippen molar-refractivity contribution in [2.75, 3.05) is 13.2 Å². The first kappa shape index (κ1) is 46.8. The predicted octanol–water partition coefficient (Wildman–Crippen LogP) is -6.62.